The lowest BCUT2D eigenvalue weighted by atomic mass is 10.1. The molecule has 0 aromatic carbocycles. The molecule has 1 saturated carbocycles. The van der Waals surface area contributed by atoms with Gasteiger partial charge in [0.25, 0.3) is 0 Å². The number of rotatable bonds is 7. The van der Waals surface area contributed by atoms with Gasteiger partial charge in [0.05, 0.1) is 12.0 Å². The fraction of sp³-hybridized carbons (Fsp3) is 0.643. The first-order chi connectivity index (χ1) is 10.0. The molecule has 0 heterocycles. The summed E-state index contributed by atoms with van der Waals surface area (Å²) in [6.07, 6.45) is 6.80. The van der Waals surface area contributed by atoms with E-state index in [0.717, 1.165) is 12.8 Å². The van der Waals surface area contributed by atoms with Crippen molar-refractivity contribution in [2.24, 2.45) is 5.92 Å². The highest BCUT2D eigenvalue weighted by Crippen LogP contribution is 2.19. The van der Waals surface area contributed by atoms with Crippen molar-refractivity contribution in [1.82, 2.24) is 16.0 Å². The Balaban J connectivity index is 1.52. The second kappa shape index (κ2) is 7.10. The van der Waals surface area contributed by atoms with E-state index in [1.54, 1.807) is 12.2 Å². The smallest absolute Gasteiger partial charge is 0.315 e. The summed E-state index contributed by atoms with van der Waals surface area (Å²) in [5.74, 6) is -1.37. The van der Waals surface area contributed by atoms with E-state index in [4.69, 9.17) is 5.11 Å². The van der Waals surface area contributed by atoms with Gasteiger partial charge in [-0.05, 0) is 25.7 Å². The Labute approximate surface area is 123 Å². The summed E-state index contributed by atoms with van der Waals surface area (Å²) in [4.78, 5) is 33.8. The van der Waals surface area contributed by atoms with Crippen molar-refractivity contribution in [3.63, 3.8) is 0 Å². The van der Waals surface area contributed by atoms with Crippen LogP contribution in [0.1, 0.15) is 32.1 Å². The third kappa shape index (κ3) is 5.45. The summed E-state index contributed by atoms with van der Waals surface area (Å²) in [6, 6.07) is -0.215. The van der Waals surface area contributed by atoms with Crippen LogP contribution in [0.2, 0.25) is 0 Å². The summed E-state index contributed by atoms with van der Waals surface area (Å²) >= 11 is 0. The molecule has 2 aliphatic carbocycles. The van der Waals surface area contributed by atoms with Gasteiger partial charge in [0, 0.05) is 19.0 Å². The molecule has 1 fully saturated rings. The van der Waals surface area contributed by atoms with Crippen molar-refractivity contribution in [3.05, 3.63) is 12.2 Å². The highest BCUT2D eigenvalue weighted by atomic mass is 16.4. The second-order valence-electron chi connectivity index (χ2n) is 5.52. The lowest BCUT2D eigenvalue weighted by Crippen LogP contribution is -2.41. The van der Waals surface area contributed by atoms with E-state index in [-0.39, 0.29) is 18.0 Å². The van der Waals surface area contributed by atoms with Gasteiger partial charge in [-0.1, -0.05) is 12.2 Å². The van der Waals surface area contributed by atoms with Crippen molar-refractivity contribution in [1.29, 1.82) is 0 Å². The van der Waals surface area contributed by atoms with Crippen LogP contribution in [-0.2, 0) is 9.59 Å². The van der Waals surface area contributed by atoms with Crippen molar-refractivity contribution in [3.8, 4) is 0 Å². The third-order valence-corrected chi connectivity index (χ3v) is 3.53. The van der Waals surface area contributed by atoms with E-state index in [0.29, 0.717) is 31.8 Å². The van der Waals surface area contributed by atoms with E-state index in [2.05, 4.69) is 16.0 Å². The Morgan fingerprint density at radius 2 is 1.90 bits per heavy atom. The monoisotopic (exact) mass is 295 g/mol. The maximum Gasteiger partial charge on any atom is 0.315 e. The molecule has 7 nitrogen and oxygen atoms in total. The number of nitrogens with one attached hydrogen (secondary N) is 3. The van der Waals surface area contributed by atoms with Crippen LogP contribution in [0, 0.1) is 5.92 Å². The zero-order chi connectivity index (χ0) is 15.2. The minimum atomic E-state index is -0.877. The Morgan fingerprint density at radius 1 is 1.14 bits per heavy atom. The molecule has 0 aromatic heterocycles. The zero-order valence-electron chi connectivity index (χ0n) is 11.8. The molecule has 116 valence electrons. The van der Waals surface area contributed by atoms with Gasteiger partial charge in [0.15, 0.2) is 0 Å². The summed E-state index contributed by atoms with van der Waals surface area (Å²) in [5, 5.41) is 17.1. The average Bonchev–Trinajstić information content (AvgIpc) is 3.10. The standard InChI is InChI=1S/C14H21N3O4/c18-12(16-10-5-6-10)2-1-7-15-14(21)17-11-4-3-9(8-11)13(19)20/h3-4,9-11H,1-2,5-8H2,(H,16,18)(H,19,20)(H2,15,17,21). The molecule has 3 amide bonds. The first kappa shape index (κ1) is 15.3. The molecular weight excluding hydrogens is 274 g/mol. The van der Waals surface area contributed by atoms with E-state index >= 15 is 0 Å². The second-order valence-corrected chi connectivity index (χ2v) is 5.52. The summed E-state index contributed by atoms with van der Waals surface area (Å²) in [5.41, 5.74) is 0. The summed E-state index contributed by atoms with van der Waals surface area (Å²) in [6.45, 7) is 0.419. The Kier molecular flexibility index (Phi) is 5.19. The van der Waals surface area contributed by atoms with Crippen molar-refractivity contribution < 1.29 is 19.5 Å². The van der Waals surface area contributed by atoms with Crippen LogP contribution in [0.3, 0.4) is 0 Å². The molecule has 0 spiro atoms. The molecule has 2 unspecified atom stereocenters. The highest BCUT2D eigenvalue weighted by Gasteiger charge is 2.25. The van der Waals surface area contributed by atoms with Crippen LogP contribution in [0.5, 0.6) is 0 Å². The molecule has 21 heavy (non-hydrogen) atoms. The van der Waals surface area contributed by atoms with Crippen molar-refractivity contribution in [2.75, 3.05) is 6.54 Å². The lowest BCUT2D eigenvalue weighted by molar-refractivity contribution is -0.140. The largest absolute Gasteiger partial charge is 0.481 e. The topological polar surface area (TPSA) is 108 Å². The SMILES string of the molecule is O=C(CCCNC(=O)NC1C=CC(C(=O)O)C1)NC1CC1. The molecule has 0 aliphatic heterocycles. The number of carboxylic acid groups (broad SMARTS) is 1. The number of carbonyl (C=O) groups excluding carboxylic acids is 2. The summed E-state index contributed by atoms with van der Waals surface area (Å²) in [7, 11) is 0. The minimum Gasteiger partial charge on any atom is -0.481 e. The van der Waals surface area contributed by atoms with Crippen molar-refractivity contribution in [2.45, 2.75) is 44.2 Å². The quantitative estimate of drug-likeness (QED) is 0.402. The van der Waals surface area contributed by atoms with Crippen LogP contribution < -0.4 is 16.0 Å². The van der Waals surface area contributed by atoms with Gasteiger partial charge in [0.2, 0.25) is 5.91 Å². The van der Waals surface area contributed by atoms with E-state index in [9.17, 15) is 14.4 Å². The Hall–Kier alpha value is -2.05. The van der Waals surface area contributed by atoms with Gasteiger partial charge in [-0.15, -0.1) is 0 Å². The molecule has 0 aromatic rings. The number of carboxylic acids is 1. The fourth-order valence-electron chi connectivity index (χ4n) is 2.19. The average molecular weight is 295 g/mol. The van der Waals surface area contributed by atoms with Gasteiger partial charge in [-0.2, -0.15) is 0 Å². The highest BCUT2D eigenvalue weighted by molar-refractivity contribution is 5.77. The van der Waals surface area contributed by atoms with Crippen LogP contribution in [0.15, 0.2) is 12.2 Å². The molecular formula is C14H21N3O4. The maximum absolute atomic E-state index is 11.6. The molecule has 0 saturated heterocycles. The molecule has 0 radical (unpaired) electrons. The number of hydrogen-bond acceptors (Lipinski definition) is 3. The van der Waals surface area contributed by atoms with E-state index in [1.165, 1.54) is 0 Å². The Bertz CT molecular complexity index is 446. The maximum atomic E-state index is 11.6. The number of urea groups is 1. The molecule has 2 aliphatic rings. The molecule has 7 heteroatoms. The summed E-state index contributed by atoms with van der Waals surface area (Å²) < 4.78 is 0. The predicted molar refractivity (Wildman–Crippen MR) is 75.6 cm³/mol. The van der Waals surface area contributed by atoms with Gasteiger partial charge in [0.1, 0.15) is 0 Å². The molecule has 2 atom stereocenters. The van der Waals surface area contributed by atoms with Gasteiger partial charge in [-0.3, -0.25) is 9.59 Å². The van der Waals surface area contributed by atoms with E-state index in [1.807, 2.05) is 0 Å². The first-order valence-corrected chi connectivity index (χ1v) is 7.29. The van der Waals surface area contributed by atoms with Gasteiger partial charge < -0.3 is 21.1 Å². The normalized spacial score (nSPS) is 23.6. The lowest BCUT2D eigenvalue weighted by Gasteiger charge is -2.13. The van der Waals surface area contributed by atoms with Gasteiger partial charge in [-0.25, -0.2) is 4.79 Å². The number of aliphatic carboxylic acids is 1. The van der Waals surface area contributed by atoms with Crippen LogP contribution in [-0.4, -0.2) is 41.6 Å². The number of amides is 3. The fourth-order valence-corrected chi connectivity index (χ4v) is 2.19. The van der Waals surface area contributed by atoms with Crippen LogP contribution >= 0.6 is 0 Å². The van der Waals surface area contributed by atoms with E-state index < -0.39 is 11.9 Å². The minimum absolute atomic E-state index is 0.0303. The number of hydrogen-bond donors (Lipinski definition) is 4. The third-order valence-electron chi connectivity index (χ3n) is 3.53. The number of carbonyl (C=O) groups is 3. The Morgan fingerprint density at radius 3 is 2.52 bits per heavy atom. The van der Waals surface area contributed by atoms with Crippen LogP contribution in [0.4, 0.5) is 4.79 Å². The molecule has 4 N–H and O–H groups in total. The van der Waals surface area contributed by atoms with Crippen molar-refractivity contribution >= 4 is 17.9 Å². The first-order valence-electron chi connectivity index (χ1n) is 7.29. The van der Waals surface area contributed by atoms with Gasteiger partial charge >= 0.3 is 12.0 Å². The predicted octanol–water partition coefficient (Wildman–Crippen LogP) is 0.374. The molecule has 0 bridgehead atoms. The zero-order valence-corrected chi connectivity index (χ0v) is 11.8. The van der Waals surface area contributed by atoms with Crippen LogP contribution in [0.25, 0.3) is 0 Å². The molecule has 2 rings (SSSR count).